The quantitative estimate of drug-likeness (QED) is 0.272. The standard InChI is InChI=1S/C30H34Si2/c1-31(2,3)29-19-17-25(23-13-9-7-10-14-23)21-27(29)28-22-26(24-15-11-8-12-16-24)18-20-30(28)32(4,5)6/h7-22H,1-6H3. The molecule has 2 heteroatoms. The molecule has 0 aliphatic rings. The third-order valence-electron chi connectivity index (χ3n) is 6.16. The molecule has 0 nitrogen and oxygen atoms in total. The Morgan fingerprint density at radius 1 is 0.375 bits per heavy atom. The van der Waals surface area contributed by atoms with Gasteiger partial charge in [0, 0.05) is 0 Å². The summed E-state index contributed by atoms with van der Waals surface area (Å²) in [6.07, 6.45) is 0. The molecule has 4 rings (SSSR count). The molecule has 0 spiro atoms. The summed E-state index contributed by atoms with van der Waals surface area (Å²) >= 11 is 0. The summed E-state index contributed by atoms with van der Waals surface area (Å²) in [5.74, 6) is 0. The van der Waals surface area contributed by atoms with Crippen molar-refractivity contribution in [2.75, 3.05) is 0 Å². The third kappa shape index (κ3) is 4.72. The van der Waals surface area contributed by atoms with Gasteiger partial charge in [-0.05, 0) is 45.5 Å². The van der Waals surface area contributed by atoms with E-state index < -0.39 is 16.1 Å². The number of hydrogen-bond donors (Lipinski definition) is 0. The van der Waals surface area contributed by atoms with Crippen molar-refractivity contribution in [1.29, 1.82) is 0 Å². The van der Waals surface area contributed by atoms with Gasteiger partial charge in [0.05, 0.1) is 16.1 Å². The molecule has 0 saturated heterocycles. The Hall–Kier alpha value is -2.69. The van der Waals surface area contributed by atoms with Crippen LogP contribution in [0.1, 0.15) is 0 Å². The molecule has 162 valence electrons. The number of hydrogen-bond acceptors (Lipinski definition) is 0. The topological polar surface area (TPSA) is 0 Å². The van der Waals surface area contributed by atoms with Gasteiger partial charge in [-0.1, -0.05) is 135 Å². The van der Waals surface area contributed by atoms with Crippen molar-refractivity contribution in [3.05, 3.63) is 97.1 Å². The summed E-state index contributed by atoms with van der Waals surface area (Å²) in [6.45, 7) is 14.8. The molecule has 0 N–H and O–H groups in total. The van der Waals surface area contributed by atoms with Crippen LogP contribution in [0.15, 0.2) is 97.1 Å². The predicted molar refractivity (Wildman–Crippen MR) is 149 cm³/mol. The van der Waals surface area contributed by atoms with E-state index in [1.165, 1.54) is 33.4 Å². The first-order valence-electron chi connectivity index (χ1n) is 11.5. The minimum atomic E-state index is -1.55. The molecule has 0 aliphatic heterocycles. The van der Waals surface area contributed by atoms with Gasteiger partial charge in [0.2, 0.25) is 0 Å². The molecule has 0 heterocycles. The zero-order chi connectivity index (χ0) is 22.9. The summed E-state index contributed by atoms with van der Waals surface area (Å²) in [5.41, 5.74) is 8.03. The second-order valence-corrected chi connectivity index (χ2v) is 20.8. The second-order valence-electron chi connectivity index (χ2n) is 10.8. The zero-order valence-electron chi connectivity index (χ0n) is 20.2. The predicted octanol–water partition coefficient (Wildman–Crippen LogP) is 7.78. The summed E-state index contributed by atoms with van der Waals surface area (Å²) in [4.78, 5) is 0. The highest BCUT2D eigenvalue weighted by atomic mass is 28.3. The summed E-state index contributed by atoms with van der Waals surface area (Å²) in [7, 11) is -3.10. The molecule has 0 aliphatic carbocycles. The van der Waals surface area contributed by atoms with Gasteiger partial charge in [-0.3, -0.25) is 0 Å². The fraction of sp³-hybridized carbons (Fsp3) is 0.200. The van der Waals surface area contributed by atoms with Crippen LogP contribution >= 0.6 is 0 Å². The largest absolute Gasteiger partial charge is 0.0784 e. The Morgan fingerprint density at radius 2 is 0.719 bits per heavy atom. The monoisotopic (exact) mass is 450 g/mol. The first-order chi connectivity index (χ1) is 15.1. The molecule has 0 unspecified atom stereocenters. The van der Waals surface area contributed by atoms with E-state index >= 15 is 0 Å². The molecular formula is C30H34Si2. The molecule has 0 aromatic heterocycles. The van der Waals surface area contributed by atoms with Crippen molar-refractivity contribution in [2.24, 2.45) is 0 Å². The highest BCUT2D eigenvalue weighted by molar-refractivity contribution is 6.91. The third-order valence-corrected chi connectivity index (χ3v) is 10.3. The lowest BCUT2D eigenvalue weighted by Gasteiger charge is -2.27. The van der Waals surface area contributed by atoms with Crippen molar-refractivity contribution in [2.45, 2.75) is 39.3 Å². The maximum absolute atomic E-state index is 2.46. The minimum absolute atomic E-state index is 1.28. The first kappa shape index (κ1) is 22.5. The fourth-order valence-corrected chi connectivity index (χ4v) is 7.66. The fourth-order valence-electron chi connectivity index (χ4n) is 4.46. The van der Waals surface area contributed by atoms with Crippen molar-refractivity contribution < 1.29 is 0 Å². The lowest BCUT2D eigenvalue weighted by molar-refractivity contribution is 1.57. The average Bonchev–Trinajstić information content (AvgIpc) is 2.78. The second kappa shape index (κ2) is 8.69. The van der Waals surface area contributed by atoms with E-state index in [1.54, 1.807) is 10.4 Å². The van der Waals surface area contributed by atoms with Crippen molar-refractivity contribution >= 4 is 26.5 Å². The van der Waals surface area contributed by atoms with Crippen LogP contribution in [0.5, 0.6) is 0 Å². The molecule has 0 bridgehead atoms. The van der Waals surface area contributed by atoms with Crippen molar-refractivity contribution in [3.63, 3.8) is 0 Å². The van der Waals surface area contributed by atoms with E-state index in [0.717, 1.165) is 0 Å². The SMILES string of the molecule is C[Si](C)(C)c1ccc(-c2ccccc2)cc1-c1cc(-c2ccccc2)ccc1[Si](C)(C)C. The van der Waals surface area contributed by atoms with E-state index in [4.69, 9.17) is 0 Å². The van der Waals surface area contributed by atoms with Crippen LogP contribution < -0.4 is 10.4 Å². The van der Waals surface area contributed by atoms with Crippen LogP contribution in [-0.2, 0) is 0 Å². The van der Waals surface area contributed by atoms with Gasteiger partial charge in [0.1, 0.15) is 0 Å². The molecule has 0 radical (unpaired) electrons. The minimum Gasteiger partial charge on any atom is -0.0656 e. The Kier molecular flexibility index (Phi) is 6.11. The summed E-state index contributed by atoms with van der Waals surface area (Å²) in [5, 5.41) is 3.09. The highest BCUT2D eigenvalue weighted by Gasteiger charge is 2.26. The van der Waals surface area contributed by atoms with Crippen molar-refractivity contribution in [1.82, 2.24) is 0 Å². The van der Waals surface area contributed by atoms with Crippen LogP contribution in [0.25, 0.3) is 33.4 Å². The average molecular weight is 451 g/mol. The Morgan fingerprint density at radius 3 is 1.03 bits per heavy atom. The van der Waals surface area contributed by atoms with Crippen LogP contribution in [0.4, 0.5) is 0 Å². The molecule has 4 aromatic rings. The van der Waals surface area contributed by atoms with Gasteiger partial charge < -0.3 is 0 Å². The lowest BCUT2D eigenvalue weighted by Crippen LogP contribution is -2.43. The number of rotatable bonds is 5. The van der Waals surface area contributed by atoms with Crippen LogP contribution in [0.2, 0.25) is 39.3 Å². The molecule has 0 fully saturated rings. The van der Waals surface area contributed by atoms with Crippen LogP contribution in [-0.4, -0.2) is 16.1 Å². The first-order valence-corrected chi connectivity index (χ1v) is 18.5. The van der Waals surface area contributed by atoms with Gasteiger partial charge >= 0.3 is 0 Å². The lowest BCUT2D eigenvalue weighted by atomic mass is 9.96. The van der Waals surface area contributed by atoms with Crippen LogP contribution in [0.3, 0.4) is 0 Å². The van der Waals surface area contributed by atoms with E-state index in [2.05, 4.69) is 136 Å². The van der Waals surface area contributed by atoms with E-state index in [0.29, 0.717) is 0 Å². The van der Waals surface area contributed by atoms with Gasteiger partial charge in [0.25, 0.3) is 0 Å². The molecular weight excluding hydrogens is 417 g/mol. The van der Waals surface area contributed by atoms with Crippen molar-refractivity contribution in [3.8, 4) is 33.4 Å². The normalized spacial score (nSPS) is 12.1. The van der Waals surface area contributed by atoms with Crippen LogP contribution in [0, 0.1) is 0 Å². The number of benzene rings is 4. The molecule has 0 atom stereocenters. The van der Waals surface area contributed by atoms with Gasteiger partial charge in [-0.25, -0.2) is 0 Å². The maximum atomic E-state index is 2.46. The Balaban J connectivity index is 2.02. The Labute approximate surface area is 196 Å². The smallest absolute Gasteiger partial charge is 0.0656 e. The molecule has 0 amide bonds. The molecule has 32 heavy (non-hydrogen) atoms. The Bertz CT molecular complexity index is 1110. The molecule has 4 aromatic carbocycles. The summed E-state index contributed by atoms with van der Waals surface area (Å²) in [6, 6.07) is 35.9. The molecule has 0 saturated carbocycles. The van der Waals surface area contributed by atoms with Gasteiger partial charge in [0.15, 0.2) is 0 Å². The van der Waals surface area contributed by atoms with E-state index in [-0.39, 0.29) is 0 Å². The van der Waals surface area contributed by atoms with E-state index in [1.807, 2.05) is 0 Å². The zero-order valence-corrected chi connectivity index (χ0v) is 22.2. The summed E-state index contributed by atoms with van der Waals surface area (Å²) < 4.78 is 0. The van der Waals surface area contributed by atoms with Gasteiger partial charge in [-0.15, -0.1) is 0 Å². The maximum Gasteiger partial charge on any atom is 0.0784 e. The van der Waals surface area contributed by atoms with Gasteiger partial charge in [-0.2, -0.15) is 0 Å². The van der Waals surface area contributed by atoms with E-state index in [9.17, 15) is 0 Å². The highest BCUT2D eigenvalue weighted by Crippen LogP contribution is 2.31.